The molecule has 0 spiro atoms. The number of nitrogens with one attached hydrogen (secondary N) is 1. The summed E-state index contributed by atoms with van der Waals surface area (Å²) < 4.78 is 34.4. The van der Waals surface area contributed by atoms with Gasteiger partial charge < -0.3 is 15.0 Å². The number of anilines is 1. The molecule has 224 valence electrons. The van der Waals surface area contributed by atoms with Crippen LogP contribution in [0.1, 0.15) is 45.1 Å². The second-order valence-corrected chi connectivity index (χ2v) is 12.9. The van der Waals surface area contributed by atoms with Gasteiger partial charge in [-0.2, -0.15) is 0 Å². The molecule has 11 heteroatoms. The molecule has 1 saturated carbocycles. The van der Waals surface area contributed by atoms with E-state index in [1.807, 2.05) is 6.92 Å². The third-order valence-corrected chi connectivity index (χ3v) is 9.69. The smallest absolute Gasteiger partial charge is 0.264 e. The lowest BCUT2D eigenvalue weighted by molar-refractivity contribution is -0.139. The van der Waals surface area contributed by atoms with E-state index in [2.05, 4.69) is 5.32 Å². The van der Waals surface area contributed by atoms with Crippen LogP contribution in [0.25, 0.3) is 0 Å². The number of ether oxygens (including phenoxy) is 1. The third kappa shape index (κ3) is 7.76. The van der Waals surface area contributed by atoms with Gasteiger partial charge in [0.05, 0.1) is 17.2 Å². The molecule has 2 amide bonds. The minimum absolute atomic E-state index is 0.0237. The summed E-state index contributed by atoms with van der Waals surface area (Å²) in [6.07, 6.45) is 3.87. The SMILES string of the molecule is CCOc1ccc(N(CC(=O)N(Cc2ccccc2Cl)[C@H](C)C(=O)NC2CCCC2)S(=O)(=O)c2ccc(Cl)cc2)cc1. The Morgan fingerprint density at radius 2 is 1.62 bits per heavy atom. The van der Waals surface area contributed by atoms with E-state index in [0.717, 1.165) is 30.0 Å². The van der Waals surface area contributed by atoms with Crippen LogP contribution in [-0.4, -0.2) is 50.4 Å². The molecular formula is C31H35Cl2N3O5S. The molecule has 4 rings (SSSR count). The molecule has 0 bridgehead atoms. The van der Waals surface area contributed by atoms with Gasteiger partial charge in [0.1, 0.15) is 18.3 Å². The van der Waals surface area contributed by atoms with Crippen molar-refractivity contribution in [2.75, 3.05) is 17.5 Å². The van der Waals surface area contributed by atoms with E-state index in [4.69, 9.17) is 27.9 Å². The van der Waals surface area contributed by atoms with E-state index in [9.17, 15) is 18.0 Å². The highest BCUT2D eigenvalue weighted by Crippen LogP contribution is 2.28. The molecule has 3 aromatic carbocycles. The Bertz CT molecular complexity index is 1480. The van der Waals surface area contributed by atoms with Gasteiger partial charge in [0.2, 0.25) is 11.8 Å². The van der Waals surface area contributed by atoms with Crippen molar-refractivity contribution in [3.8, 4) is 5.75 Å². The first-order valence-electron chi connectivity index (χ1n) is 13.9. The van der Waals surface area contributed by atoms with Gasteiger partial charge in [-0.1, -0.05) is 54.2 Å². The van der Waals surface area contributed by atoms with Gasteiger partial charge in [-0.05, 0) is 86.8 Å². The standard InChI is InChI=1S/C31H35Cl2N3O5S/c1-3-41-27-16-14-26(15-17-27)36(42(39,40)28-18-12-24(32)13-19-28)21-30(37)35(20-23-8-4-7-11-29(23)33)22(2)31(38)34-25-9-5-6-10-25/h4,7-8,11-19,22,25H,3,5-6,9-10,20-21H2,1-2H3,(H,34,38)/t22-/m1/s1. The summed E-state index contributed by atoms with van der Waals surface area (Å²) in [7, 11) is -4.21. The molecule has 1 N–H and O–H groups in total. The van der Waals surface area contributed by atoms with Crippen LogP contribution in [0.5, 0.6) is 5.75 Å². The summed E-state index contributed by atoms with van der Waals surface area (Å²) in [5.41, 5.74) is 0.906. The van der Waals surface area contributed by atoms with Gasteiger partial charge >= 0.3 is 0 Å². The second-order valence-electron chi connectivity index (χ2n) is 10.2. The van der Waals surface area contributed by atoms with Gasteiger partial charge in [-0.25, -0.2) is 8.42 Å². The molecular weight excluding hydrogens is 597 g/mol. The van der Waals surface area contributed by atoms with E-state index in [1.165, 1.54) is 29.2 Å². The number of rotatable bonds is 12. The summed E-state index contributed by atoms with van der Waals surface area (Å²) in [6, 6.07) is 18.4. The summed E-state index contributed by atoms with van der Waals surface area (Å²) in [4.78, 5) is 28.8. The minimum atomic E-state index is -4.21. The molecule has 0 unspecified atom stereocenters. The Hall–Kier alpha value is -3.27. The minimum Gasteiger partial charge on any atom is -0.494 e. The first kappa shape index (κ1) is 31.7. The molecule has 42 heavy (non-hydrogen) atoms. The molecule has 0 heterocycles. The van der Waals surface area contributed by atoms with Crippen LogP contribution < -0.4 is 14.4 Å². The maximum Gasteiger partial charge on any atom is 0.264 e. The molecule has 0 aliphatic heterocycles. The molecule has 1 fully saturated rings. The summed E-state index contributed by atoms with van der Waals surface area (Å²) in [6.45, 7) is 3.41. The zero-order chi connectivity index (χ0) is 30.3. The number of carbonyl (C=O) groups is 2. The van der Waals surface area contributed by atoms with Gasteiger partial charge in [-0.3, -0.25) is 13.9 Å². The van der Waals surface area contributed by atoms with Crippen molar-refractivity contribution in [3.05, 3.63) is 88.4 Å². The Balaban J connectivity index is 1.69. The third-order valence-electron chi connectivity index (χ3n) is 7.28. The van der Waals surface area contributed by atoms with Crippen LogP contribution in [0, 0.1) is 0 Å². The fourth-order valence-electron chi connectivity index (χ4n) is 4.92. The molecule has 8 nitrogen and oxygen atoms in total. The van der Waals surface area contributed by atoms with Gasteiger partial charge in [0.25, 0.3) is 10.0 Å². The number of sulfonamides is 1. The molecule has 0 radical (unpaired) electrons. The summed E-state index contributed by atoms with van der Waals surface area (Å²) in [5.74, 6) is -0.292. The fraction of sp³-hybridized carbons (Fsp3) is 0.355. The van der Waals surface area contributed by atoms with E-state index in [0.29, 0.717) is 28.0 Å². The summed E-state index contributed by atoms with van der Waals surface area (Å²) in [5, 5.41) is 3.88. The maximum atomic E-state index is 14.1. The Kier molecular flexibility index (Phi) is 10.8. The van der Waals surface area contributed by atoms with Crippen molar-refractivity contribution in [1.29, 1.82) is 0 Å². The number of benzene rings is 3. The predicted molar refractivity (Wildman–Crippen MR) is 165 cm³/mol. The highest BCUT2D eigenvalue weighted by Gasteiger charge is 2.33. The van der Waals surface area contributed by atoms with Crippen molar-refractivity contribution in [2.45, 2.75) is 63.1 Å². The van der Waals surface area contributed by atoms with E-state index in [1.54, 1.807) is 55.5 Å². The Labute approximate surface area is 257 Å². The molecule has 0 saturated heterocycles. The molecule has 1 aliphatic carbocycles. The zero-order valence-corrected chi connectivity index (χ0v) is 26.0. The largest absolute Gasteiger partial charge is 0.494 e. The number of hydrogen-bond acceptors (Lipinski definition) is 5. The molecule has 0 aromatic heterocycles. The maximum absolute atomic E-state index is 14.1. The number of carbonyl (C=O) groups excluding carboxylic acids is 2. The van der Waals surface area contributed by atoms with Gasteiger partial charge in [0.15, 0.2) is 0 Å². The average Bonchev–Trinajstić information content (AvgIpc) is 3.49. The zero-order valence-electron chi connectivity index (χ0n) is 23.6. The number of halogens is 2. The summed E-state index contributed by atoms with van der Waals surface area (Å²) >= 11 is 12.4. The van der Waals surface area contributed by atoms with Crippen molar-refractivity contribution >= 4 is 50.7 Å². The predicted octanol–water partition coefficient (Wildman–Crippen LogP) is 6.06. The number of nitrogens with zero attached hydrogens (tertiary/aromatic N) is 2. The topological polar surface area (TPSA) is 96.0 Å². The van der Waals surface area contributed by atoms with Crippen LogP contribution in [0.2, 0.25) is 10.0 Å². The van der Waals surface area contributed by atoms with E-state index >= 15 is 0 Å². The highest BCUT2D eigenvalue weighted by molar-refractivity contribution is 7.92. The van der Waals surface area contributed by atoms with Crippen molar-refractivity contribution in [3.63, 3.8) is 0 Å². The lowest BCUT2D eigenvalue weighted by Crippen LogP contribution is -2.52. The van der Waals surface area contributed by atoms with Crippen molar-refractivity contribution in [2.24, 2.45) is 0 Å². The van der Waals surface area contributed by atoms with E-state index < -0.39 is 28.5 Å². The lowest BCUT2D eigenvalue weighted by atomic mass is 10.1. The lowest BCUT2D eigenvalue weighted by Gasteiger charge is -2.32. The van der Waals surface area contributed by atoms with Crippen molar-refractivity contribution < 1.29 is 22.7 Å². The Morgan fingerprint density at radius 3 is 2.24 bits per heavy atom. The van der Waals surface area contributed by atoms with Gasteiger partial charge in [-0.15, -0.1) is 0 Å². The Morgan fingerprint density at radius 1 is 0.976 bits per heavy atom. The quantitative estimate of drug-likeness (QED) is 0.262. The highest BCUT2D eigenvalue weighted by atomic mass is 35.5. The number of amides is 2. The first-order valence-corrected chi connectivity index (χ1v) is 16.1. The van der Waals surface area contributed by atoms with Crippen molar-refractivity contribution in [1.82, 2.24) is 10.2 Å². The monoisotopic (exact) mass is 631 g/mol. The molecule has 1 atom stereocenters. The average molecular weight is 633 g/mol. The van der Waals surface area contributed by atoms with Crippen LogP contribution in [0.3, 0.4) is 0 Å². The molecule has 3 aromatic rings. The van der Waals surface area contributed by atoms with Crippen LogP contribution in [-0.2, 0) is 26.2 Å². The number of hydrogen-bond donors (Lipinski definition) is 1. The van der Waals surface area contributed by atoms with Crippen LogP contribution in [0.4, 0.5) is 5.69 Å². The normalized spacial score (nSPS) is 14.3. The van der Waals surface area contributed by atoms with Gasteiger partial charge in [0, 0.05) is 22.6 Å². The second kappa shape index (κ2) is 14.3. The van der Waals surface area contributed by atoms with E-state index in [-0.39, 0.29) is 29.1 Å². The van der Waals surface area contributed by atoms with Crippen LogP contribution in [0.15, 0.2) is 77.7 Å². The first-order chi connectivity index (χ1) is 20.1. The van der Waals surface area contributed by atoms with Crippen LogP contribution >= 0.6 is 23.2 Å². The fourth-order valence-corrected chi connectivity index (χ4v) is 6.66. The molecule has 1 aliphatic rings.